The van der Waals surface area contributed by atoms with Crippen molar-refractivity contribution in [2.45, 2.75) is 18.4 Å². The van der Waals surface area contributed by atoms with Crippen LogP contribution < -0.4 is 5.43 Å². The molecule has 0 bridgehead atoms. The van der Waals surface area contributed by atoms with Crippen molar-refractivity contribution in [2.24, 2.45) is 5.10 Å². The Hall–Kier alpha value is -1.88. The molecule has 0 aliphatic carbocycles. The Kier molecular flexibility index (Phi) is 3.69. The fourth-order valence-electron chi connectivity index (χ4n) is 2.01. The standard InChI is InChI=1S/C15H14FN3S/c1-10-2-7-13-14(8-9-20-15(13)17-10)19-18-12-5-3-11(16)4-6-12/h2-7,18H,8-9H2,1H3/b19-14-. The zero-order valence-electron chi connectivity index (χ0n) is 11.1. The number of hydrazone groups is 1. The van der Waals surface area contributed by atoms with E-state index in [4.69, 9.17) is 0 Å². The number of hydrogen-bond acceptors (Lipinski definition) is 4. The molecule has 0 atom stereocenters. The summed E-state index contributed by atoms with van der Waals surface area (Å²) in [6, 6.07) is 10.2. The molecule has 1 N–H and O–H groups in total. The van der Waals surface area contributed by atoms with Crippen LogP contribution in [0.15, 0.2) is 46.5 Å². The molecular formula is C15H14FN3S. The van der Waals surface area contributed by atoms with Crippen molar-refractivity contribution >= 4 is 23.2 Å². The van der Waals surface area contributed by atoms with Crippen LogP contribution in [0.4, 0.5) is 10.1 Å². The Morgan fingerprint density at radius 1 is 1.20 bits per heavy atom. The van der Waals surface area contributed by atoms with E-state index in [0.29, 0.717) is 0 Å². The molecule has 0 unspecified atom stereocenters. The van der Waals surface area contributed by atoms with Gasteiger partial charge in [-0.3, -0.25) is 5.43 Å². The van der Waals surface area contributed by atoms with Crippen LogP contribution in [0.5, 0.6) is 0 Å². The largest absolute Gasteiger partial charge is 0.278 e. The Balaban J connectivity index is 1.84. The molecule has 2 heterocycles. The van der Waals surface area contributed by atoms with Crippen molar-refractivity contribution in [3.8, 4) is 0 Å². The van der Waals surface area contributed by atoms with Crippen LogP contribution >= 0.6 is 11.8 Å². The van der Waals surface area contributed by atoms with Crippen LogP contribution in [0.25, 0.3) is 0 Å². The first-order valence-electron chi connectivity index (χ1n) is 6.41. The minimum absolute atomic E-state index is 0.248. The summed E-state index contributed by atoms with van der Waals surface area (Å²) in [6.07, 6.45) is 0.899. The van der Waals surface area contributed by atoms with Crippen molar-refractivity contribution < 1.29 is 4.39 Å². The molecule has 0 fully saturated rings. The van der Waals surface area contributed by atoms with E-state index in [0.717, 1.165) is 39.9 Å². The number of aromatic nitrogens is 1. The third-order valence-electron chi connectivity index (χ3n) is 3.05. The Morgan fingerprint density at radius 2 is 2.00 bits per heavy atom. The topological polar surface area (TPSA) is 37.3 Å². The van der Waals surface area contributed by atoms with E-state index < -0.39 is 0 Å². The van der Waals surface area contributed by atoms with Gasteiger partial charge in [0.15, 0.2) is 0 Å². The molecular weight excluding hydrogens is 273 g/mol. The van der Waals surface area contributed by atoms with Gasteiger partial charge in [0.2, 0.25) is 0 Å². The SMILES string of the molecule is Cc1ccc2c(n1)SCC/C2=N/Nc1ccc(F)cc1. The number of pyridine rings is 1. The molecule has 2 aromatic rings. The van der Waals surface area contributed by atoms with Crippen LogP contribution in [0.2, 0.25) is 0 Å². The highest BCUT2D eigenvalue weighted by molar-refractivity contribution is 7.99. The van der Waals surface area contributed by atoms with E-state index in [-0.39, 0.29) is 5.82 Å². The van der Waals surface area contributed by atoms with Crippen molar-refractivity contribution in [1.82, 2.24) is 4.98 Å². The second-order valence-electron chi connectivity index (χ2n) is 4.58. The summed E-state index contributed by atoms with van der Waals surface area (Å²) in [5.74, 6) is 0.732. The third kappa shape index (κ3) is 2.82. The summed E-state index contributed by atoms with van der Waals surface area (Å²) in [5.41, 5.74) is 6.86. The first-order chi connectivity index (χ1) is 9.72. The minimum atomic E-state index is -0.248. The van der Waals surface area contributed by atoms with Gasteiger partial charge in [0.1, 0.15) is 10.8 Å². The van der Waals surface area contributed by atoms with Gasteiger partial charge in [0, 0.05) is 23.4 Å². The molecule has 0 saturated carbocycles. The lowest BCUT2D eigenvalue weighted by Crippen LogP contribution is -2.13. The second-order valence-corrected chi connectivity index (χ2v) is 5.66. The highest BCUT2D eigenvalue weighted by Gasteiger charge is 2.17. The Labute approximate surface area is 121 Å². The van der Waals surface area contributed by atoms with Crippen LogP contribution in [0, 0.1) is 12.7 Å². The Morgan fingerprint density at radius 3 is 2.80 bits per heavy atom. The van der Waals surface area contributed by atoms with Crippen LogP contribution in [-0.4, -0.2) is 16.4 Å². The normalized spacial score (nSPS) is 16.0. The smallest absolute Gasteiger partial charge is 0.123 e. The van der Waals surface area contributed by atoms with E-state index in [2.05, 4.69) is 21.6 Å². The average molecular weight is 287 g/mol. The minimum Gasteiger partial charge on any atom is -0.278 e. The summed E-state index contributed by atoms with van der Waals surface area (Å²) in [5, 5.41) is 5.48. The zero-order valence-corrected chi connectivity index (χ0v) is 11.9. The van der Waals surface area contributed by atoms with Gasteiger partial charge in [-0.25, -0.2) is 9.37 Å². The number of rotatable bonds is 2. The summed E-state index contributed by atoms with van der Waals surface area (Å²) in [7, 11) is 0. The van der Waals surface area contributed by atoms with Gasteiger partial charge in [-0.05, 0) is 43.3 Å². The molecule has 0 saturated heterocycles. The second kappa shape index (κ2) is 5.63. The van der Waals surface area contributed by atoms with Crippen LogP contribution in [0.1, 0.15) is 17.7 Å². The van der Waals surface area contributed by atoms with Crippen LogP contribution in [-0.2, 0) is 0 Å². The van der Waals surface area contributed by atoms with Crippen molar-refractivity contribution in [1.29, 1.82) is 0 Å². The fourth-order valence-corrected chi connectivity index (χ4v) is 3.05. The van der Waals surface area contributed by atoms with Gasteiger partial charge in [-0.1, -0.05) is 0 Å². The summed E-state index contributed by atoms with van der Waals surface area (Å²) in [6.45, 7) is 1.99. The summed E-state index contributed by atoms with van der Waals surface area (Å²) >= 11 is 1.76. The average Bonchev–Trinajstić information content (AvgIpc) is 2.46. The maximum absolute atomic E-state index is 12.8. The molecule has 1 aliphatic rings. The summed E-state index contributed by atoms with van der Waals surface area (Å²) < 4.78 is 12.8. The lowest BCUT2D eigenvalue weighted by Gasteiger charge is -2.16. The number of nitrogens with zero attached hydrogens (tertiary/aromatic N) is 2. The van der Waals surface area contributed by atoms with Crippen molar-refractivity contribution in [3.05, 3.63) is 53.5 Å². The maximum atomic E-state index is 12.8. The predicted molar refractivity (Wildman–Crippen MR) is 80.9 cm³/mol. The molecule has 1 aromatic heterocycles. The van der Waals surface area contributed by atoms with E-state index >= 15 is 0 Å². The van der Waals surface area contributed by atoms with Crippen molar-refractivity contribution in [3.63, 3.8) is 0 Å². The van der Waals surface area contributed by atoms with Crippen LogP contribution in [0.3, 0.4) is 0 Å². The van der Waals surface area contributed by atoms with Gasteiger partial charge in [-0.2, -0.15) is 5.10 Å². The number of hydrogen-bond donors (Lipinski definition) is 1. The first-order valence-corrected chi connectivity index (χ1v) is 7.40. The van der Waals surface area contributed by atoms with E-state index in [9.17, 15) is 4.39 Å². The molecule has 3 rings (SSSR count). The first kappa shape index (κ1) is 13.1. The molecule has 5 heteroatoms. The Bertz CT molecular complexity index is 653. The summed E-state index contributed by atoms with van der Waals surface area (Å²) in [4.78, 5) is 4.54. The number of thioether (sulfide) groups is 1. The quantitative estimate of drug-likeness (QED) is 0.853. The number of aryl methyl sites for hydroxylation is 1. The number of fused-ring (bicyclic) bond motifs is 1. The third-order valence-corrected chi connectivity index (χ3v) is 4.05. The van der Waals surface area contributed by atoms with E-state index in [1.165, 1.54) is 12.1 Å². The van der Waals surface area contributed by atoms with Gasteiger partial charge < -0.3 is 0 Å². The molecule has 0 amide bonds. The molecule has 102 valence electrons. The highest BCUT2D eigenvalue weighted by Crippen LogP contribution is 2.28. The predicted octanol–water partition coefficient (Wildman–Crippen LogP) is 3.84. The molecule has 0 spiro atoms. The van der Waals surface area contributed by atoms with E-state index in [1.54, 1.807) is 23.9 Å². The van der Waals surface area contributed by atoms with Gasteiger partial charge >= 0.3 is 0 Å². The number of halogens is 1. The molecule has 1 aliphatic heterocycles. The maximum Gasteiger partial charge on any atom is 0.123 e. The lowest BCUT2D eigenvalue weighted by molar-refractivity contribution is 0.628. The molecule has 20 heavy (non-hydrogen) atoms. The number of benzene rings is 1. The lowest BCUT2D eigenvalue weighted by atomic mass is 10.1. The molecule has 3 nitrogen and oxygen atoms in total. The highest BCUT2D eigenvalue weighted by atomic mass is 32.2. The number of nitrogens with one attached hydrogen (secondary N) is 1. The van der Waals surface area contributed by atoms with Gasteiger partial charge in [0.25, 0.3) is 0 Å². The van der Waals surface area contributed by atoms with E-state index in [1.807, 2.05) is 13.0 Å². The molecule has 1 aromatic carbocycles. The van der Waals surface area contributed by atoms with Gasteiger partial charge in [0.05, 0.1) is 11.4 Å². The zero-order chi connectivity index (χ0) is 13.9. The monoisotopic (exact) mass is 287 g/mol. The molecule has 0 radical (unpaired) electrons. The fraction of sp³-hybridized carbons (Fsp3) is 0.200. The van der Waals surface area contributed by atoms with Crippen molar-refractivity contribution in [2.75, 3.05) is 11.2 Å². The van der Waals surface area contributed by atoms with Gasteiger partial charge in [-0.15, -0.1) is 11.8 Å². The number of anilines is 1.